The molecule has 1 aromatic carbocycles. The predicted octanol–water partition coefficient (Wildman–Crippen LogP) is 2.24. The summed E-state index contributed by atoms with van der Waals surface area (Å²) in [6.45, 7) is 3.56. The third-order valence-electron chi connectivity index (χ3n) is 1.69. The Morgan fingerprint density at radius 1 is 1.29 bits per heavy atom. The Labute approximate surface area is 84.8 Å². The maximum Gasteiger partial charge on any atom is 0.119 e. The van der Waals surface area contributed by atoms with Crippen LogP contribution in [0, 0.1) is 12.3 Å². The van der Waals surface area contributed by atoms with Crippen molar-refractivity contribution in [1.82, 2.24) is 0 Å². The van der Waals surface area contributed by atoms with Crippen molar-refractivity contribution in [3.63, 3.8) is 0 Å². The highest BCUT2D eigenvalue weighted by atomic mass is 16.5. The molecule has 0 N–H and O–H groups in total. The normalized spacial score (nSPS) is 9.43. The van der Waals surface area contributed by atoms with Gasteiger partial charge in [-0.25, -0.2) is 0 Å². The van der Waals surface area contributed by atoms with Crippen molar-refractivity contribution in [2.45, 2.75) is 13.5 Å². The number of terminal acetylenes is 1. The van der Waals surface area contributed by atoms with E-state index in [4.69, 9.17) is 15.9 Å². The SMILES string of the molecule is C#CCOCc1ccc(OCC)cc1. The van der Waals surface area contributed by atoms with Gasteiger partial charge in [0.15, 0.2) is 0 Å². The van der Waals surface area contributed by atoms with Gasteiger partial charge in [0.2, 0.25) is 0 Å². The van der Waals surface area contributed by atoms with Crippen LogP contribution in [0.25, 0.3) is 0 Å². The lowest BCUT2D eigenvalue weighted by Gasteiger charge is -2.04. The minimum Gasteiger partial charge on any atom is -0.494 e. The average Bonchev–Trinajstić information content (AvgIpc) is 2.21. The zero-order chi connectivity index (χ0) is 10.2. The molecular formula is C12H14O2. The topological polar surface area (TPSA) is 18.5 Å². The van der Waals surface area contributed by atoms with Gasteiger partial charge in [0.05, 0.1) is 13.2 Å². The van der Waals surface area contributed by atoms with E-state index in [0.717, 1.165) is 11.3 Å². The summed E-state index contributed by atoms with van der Waals surface area (Å²) in [6.07, 6.45) is 5.06. The molecule has 0 aromatic heterocycles. The molecule has 2 heteroatoms. The first-order valence-corrected chi connectivity index (χ1v) is 4.59. The highest BCUT2D eigenvalue weighted by Crippen LogP contribution is 2.12. The van der Waals surface area contributed by atoms with Crippen LogP contribution in [-0.2, 0) is 11.3 Å². The molecule has 0 amide bonds. The zero-order valence-corrected chi connectivity index (χ0v) is 8.32. The molecule has 0 radical (unpaired) electrons. The van der Waals surface area contributed by atoms with Crippen LogP contribution < -0.4 is 4.74 Å². The molecule has 0 saturated heterocycles. The van der Waals surface area contributed by atoms with Gasteiger partial charge in [0, 0.05) is 0 Å². The lowest BCUT2D eigenvalue weighted by Crippen LogP contribution is -1.94. The zero-order valence-electron chi connectivity index (χ0n) is 8.32. The second-order valence-electron chi connectivity index (χ2n) is 2.77. The monoisotopic (exact) mass is 190 g/mol. The van der Waals surface area contributed by atoms with E-state index in [2.05, 4.69) is 5.92 Å². The van der Waals surface area contributed by atoms with Crippen molar-refractivity contribution >= 4 is 0 Å². The van der Waals surface area contributed by atoms with Gasteiger partial charge in [0.1, 0.15) is 12.4 Å². The van der Waals surface area contributed by atoms with Crippen LogP contribution in [0.2, 0.25) is 0 Å². The molecule has 0 heterocycles. The molecule has 0 atom stereocenters. The number of rotatable bonds is 5. The minimum absolute atomic E-state index is 0.354. The molecule has 0 unspecified atom stereocenters. The Morgan fingerprint density at radius 2 is 2.00 bits per heavy atom. The van der Waals surface area contributed by atoms with E-state index >= 15 is 0 Å². The number of hydrogen-bond acceptors (Lipinski definition) is 2. The number of benzene rings is 1. The van der Waals surface area contributed by atoms with E-state index < -0.39 is 0 Å². The van der Waals surface area contributed by atoms with Crippen molar-refractivity contribution in [3.8, 4) is 18.1 Å². The standard InChI is InChI=1S/C12H14O2/c1-3-9-13-10-11-5-7-12(8-6-11)14-4-2/h1,5-8H,4,9-10H2,2H3. The second-order valence-corrected chi connectivity index (χ2v) is 2.77. The Balaban J connectivity index is 2.43. The third-order valence-corrected chi connectivity index (χ3v) is 1.69. The molecule has 0 aliphatic rings. The fourth-order valence-corrected chi connectivity index (χ4v) is 1.08. The number of hydrogen-bond donors (Lipinski definition) is 0. The summed E-state index contributed by atoms with van der Waals surface area (Å²) in [5, 5.41) is 0. The Kier molecular flexibility index (Phi) is 4.60. The van der Waals surface area contributed by atoms with Crippen molar-refractivity contribution in [3.05, 3.63) is 29.8 Å². The van der Waals surface area contributed by atoms with Gasteiger partial charge < -0.3 is 9.47 Å². The Hall–Kier alpha value is -1.46. The van der Waals surface area contributed by atoms with E-state index in [0.29, 0.717) is 19.8 Å². The smallest absolute Gasteiger partial charge is 0.119 e. The van der Waals surface area contributed by atoms with Crippen LogP contribution in [0.5, 0.6) is 5.75 Å². The molecule has 14 heavy (non-hydrogen) atoms. The lowest BCUT2D eigenvalue weighted by atomic mass is 10.2. The van der Waals surface area contributed by atoms with Crippen LogP contribution in [0.15, 0.2) is 24.3 Å². The van der Waals surface area contributed by atoms with Gasteiger partial charge in [0.25, 0.3) is 0 Å². The predicted molar refractivity (Wildman–Crippen MR) is 56.1 cm³/mol. The summed E-state index contributed by atoms with van der Waals surface area (Å²) in [5.74, 6) is 3.31. The Morgan fingerprint density at radius 3 is 2.57 bits per heavy atom. The number of ether oxygens (including phenoxy) is 2. The molecular weight excluding hydrogens is 176 g/mol. The van der Waals surface area contributed by atoms with Crippen LogP contribution in [-0.4, -0.2) is 13.2 Å². The van der Waals surface area contributed by atoms with Crippen molar-refractivity contribution in [2.75, 3.05) is 13.2 Å². The summed E-state index contributed by atoms with van der Waals surface area (Å²) in [7, 11) is 0. The molecule has 0 fully saturated rings. The summed E-state index contributed by atoms with van der Waals surface area (Å²) < 4.78 is 10.5. The van der Waals surface area contributed by atoms with Crippen molar-refractivity contribution < 1.29 is 9.47 Å². The summed E-state index contributed by atoms with van der Waals surface area (Å²) in [4.78, 5) is 0. The molecule has 0 spiro atoms. The highest BCUT2D eigenvalue weighted by molar-refractivity contribution is 5.26. The summed E-state index contributed by atoms with van der Waals surface area (Å²) in [6, 6.07) is 7.80. The van der Waals surface area contributed by atoms with E-state index in [1.807, 2.05) is 31.2 Å². The largest absolute Gasteiger partial charge is 0.494 e. The average molecular weight is 190 g/mol. The Bertz CT molecular complexity index is 295. The van der Waals surface area contributed by atoms with Gasteiger partial charge in [-0.2, -0.15) is 0 Å². The summed E-state index contributed by atoms with van der Waals surface area (Å²) >= 11 is 0. The molecule has 0 bridgehead atoms. The summed E-state index contributed by atoms with van der Waals surface area (Å²) in [5.41, 5.74) is 1.10. The van der Waals surface area contributed by atoms with E-state index in [1.165, 1.54) is 0 Å². The molecule has 0 saturated carbocycles. The molecule has 0 aliphatic heterocycles. The fraction of sp³-hybridized carbons (Fsp3) is 0.333. The molecule has 74 valence electrons. The quantitative estimate of drug-likeness (QED) is 0.523. The van der Waals surface area contributed by atoms with Crippen molar-refractivity contribution in [1.29, 1.82) is 0 Å². The third kappa shape index (κ3) is 3.51. The molecule has 1 aromatic rings. The second kappa shape index (κ2) is 6.06. The van der Waals surface area contributed by atoms with Gasteiger partial charge >= 0.3 is 0 Å². The van der Waals surface area contributed by atoms with E-state index in [-0.39, 0.29) is 0 Å². The highest BCUT2D eigenvalue weighted by Gasteiger charge is 1.94. The van der Waals surface area contributed by atoms with Gasteiger partial charge in [-0.15, -0.1) is 6.42 Å². The molecule has 2 nitrogen and oxygen atoms in total. The van der Waals surface area contributed by atoms with Crippen LogP contribution in [0.4, 0.5) is 0 Å². The minimum atomic E-state index is 0.354. The first-order chi connectivity index (χ1) is 6.86. The van der Waals surface area contributed by atoms with Crippen LogP contribution in [0.1, 0.15) is 12.5 Å². The maximum absolute atomic E-state index is 5.31. The maximum atomic E-state index is 5.31. The first-order valence-electron chi connectivity index (χ1n) is 4.59. The van der Waals surface area contributed by atoms with E-state index in [1.54, 1.807) is 0 Å². The van der Waals surface area contributed by atoms with Crippen molar-refractivity contribution in [2.24, 2.45) is 0 Å². The molecule has 1 rings (SSSR count). The lowest BCUT2D eigenvalue weighted by molar-refractivity contribution is 0.153. The van der Waals surface area contributed by atoms with Gasteiger partial charge in [-0.1, -0.05) is 18.1 Å². The first kappa shape index (κ1) is 10.6. The fourth-order valence-electron chi connectivity index (χ4n) is 1.08. The van der Waals surface area contributed by atoms with Gasteiger partial charge in [-0.05, 0) is 24.6 Å². The molecule has 0 aliphatic carbocycles. The van der Waals surface area contributed by atoms with Gasteiger partial charge in [-0.3, -0.25) is 0 Å². The van der Waals surface area contributed by atoms with Crippen LogP contribution >= 0.6 is 0 Å². The van der Waals surface area contributed by atoms with Crippen LogP contribution in [0.3, 0.4) is 0 Å². The van der Waals surface area contributed by atoms with E-state index in [9.17, 15) is 0 Å².